The first-order valence-corrected chi connectivity index (χ1v) is 6.76. The van der Waals surface area contributed by atoms with Crippen molar-refractivity contribution in [1.82, 2.24) is 4.90 Å². The molecule has 1 aromatic rings. The van der Waals surface area contributed by atoms with E-state index in [2.05, 4.69) is 5.32 Å². The summed E-state index contributed by atoms with van der Waals surface area (Å²) in [4.78, 5) is 36.6. The highest BCUT2D eigenvalue weighted by Crippen LogP contribution is 2.21. The summed E-state index contributed by atoms with van der Waals surface area (Å²) in [6.45, 7) is 2.31. The van der Waals surface area contributed by atoms with Crippen LogP contribution < -0.4 is 5.32 Å². The van der Waals surface area contributed by atoms with Gasteiger partial charge in [0.2, 0.25) is 5.91 Å². The highest BCUT2D eigenvalue weighted by Gasteiger charge is 2.32. The largest absolute Gasteiger partial charge is 0.469 e. The molecule has 1 aromatic carbocycles. The van der Waals surface area contributed by atoms with E-state index in [0.29, 0.717) is 30.8 Å². The third-order valence-electron chi connectivity index (χ3n) is 3.44. The lowest BCUT2D eigenvalue weighted by Gasteiger charge is -2.16. The third kappa shape index (κ3) is 3.59. The van der Waals surface area contributed by atoms with Gasteiger partial charge in [-0.05, 0) is 24.6 Å². The molecule has 2 rings (SSSR count). The van der Waals surface area contributed by atoms with Crippen molar-refractivity contribution in [2.24, 2.45) is 5.92 Å². The predicted octanol–water partition coefficient (Wildman–Crippen LogP) is 1.28. The molecule has 1 atom stereocenters. The first-order valence-electron chi connectivity index (χ1n) is 6.76. The van der Waals surface area contributed by atoms with Gasteiger partial charge in [-0.3, -0.25) is 14.4 Å². The van der Waals surface area contributed by atoms with Gasteiger partial charge in [-0.25, -0.2) is 0 Å². The summed E-state index contributed by atoms with van der Waals surface area (Å²) >= 11 is 0. The van der Waals surface area contributed by atoms with Crippen LogP contribution in [0.5, 0.6) is 0 Å². The van der Waals surface area contributed by atoms with Gasteiger partial charge in [-0.2, -0.15) is 0 Å². The molecule has 6 nitrogen and oxygen atoms in total. The van der Waals surface area contributed by atoms with Crippen molar-refractivity contribution >= 4 is 23.5 Å². The molecule has 2 amide bonds. The number of ether oxygens (including phenoxy) is 1. The van der Waals surface area contributed by atoms with Gasteiger partial charge in [-0.1, -0.05) is 6.07 Å². The molecule has 1 aliphatic rings. The van der Waals surface area contributed by atoms with Crippen LogP contribution in [0.25, 0.3) is 0 Å². The Morgan fingerprint density at radius 3 is 2.76 bits per heavy atom. The van der Waals surface area contributed by atoms with Crippen LogP contribution in [0.15, 0.2) is 24.3 Å². The molecule has 1 fully saturated rings. The van der Waals surface area contributed by atoms with Gasteiger partial charge in [0.05, 0.1) is 13.0 Å². The fourth-order valence-corrected chi connectivity index (χ4v) is 2.42. The van der Waals surface area contributed by atoms with E-state index in [1.54, 1.807) is 29.2 Å². The van der Waals surface area contributed by atoms with Gasteiger partial charge < -0.3 is 15.0 Å². The lowest BCUT2D eigenvalue weighted by Crippen LogP contribution is -2.30. The van der Waals surface area contributed by atoms with Crippen molar-refractivity contribution in [3.8, 4) is 0 Å². The molecular weight excluding hydrogens is 272 g/mol. The fraction of sp³-hybridized carbons (Fsp3) is 0.400. The van der Waals surface area contributed by atoms with Crippen LogP contribution in [0.3, 0.4) is 0 Å². The molecule has 1 heterocycles. The van der Waals surface area contributed by atoms with Crippen molar-refractivity contribution in [2.45, 2.75) is 13.3 Å². The monoisotopic (exact) mass is 290 g/mol. The van der Waals surface area contributed by atoms with Crippen molar-refractivity contribution in [3.05, 3.63) is 29.8 Å². The standard InChI is InChI=1S/C15H18N2O4/c1-10(18)16-13-5-3-4-11(8-13)14(19)17-7-6-12(9-17)15(20)21-2/h3-5,8,12H,6-7,9H2,1-2H3,(H,16,18). The number of methoxy groups -OCH3 is 1. The first kappa shape index (κ1) is 15.0. The van der Waals surface area contributed by atoms with E-state index in [-0.39, 0.29) is 23.7 Å². The van der Waals surface area contributed by atoms with Crippen molar-refractivity contribution < 1.29 is 19.1 Å². The molecule has 1 N–H and O–H groups in total. The zero-order valence-corrected chi connectivity index (χ0v) is 12.1. The molecule has 0 aliphatic carbocycles. The Bertz CT molecular complexity index is 571. The number of likely N-dealkylation sites (tertiary alicyclic amines) is 1. The van der Waals surface area contributed by atoms with E-state index in [4.69, 9.17) is 4.74 Å². The maximum atomic E-state index is 12.4. The minimum Gasteiger partial charge on any atom is -0.469 e. The van der Waals surface area contributed by atoms with E-state index in [9.17, 15) is 14.4 Å². The second kappa shape index (κ2) is 6.39. The zero-order valence-electron chi connectivity index (χ0n) is 12.1. The number of hydrogen-bond acceptors (Lipinski definition) is 4. The first-order chi connectivity index (χ1) is 10.0. The quantitative estimate of drug-likeness (QED) is 0.851. The topological polar surface area (TPSA) is 75.7 Å². The van der Waals surface area contributed by atoms with Gasteiger partial charge in [0, 0.05) is 31.3 Å². The molecule has 0 radical (unpaired) electrons. The molecule has 0 aromatic heterocycles. The Hall–Kier alpha value is -2.37. The summed E-state index contributed by atoms with van der Waals surface area (Å²) in [5, 5.41) is 2.64. The minimum absolute atomic E-state index is 0.145. The summed E-state index contributed by atoms with van der Waals surface area (Å²) in [5.41, 5.74) is 1.07. The van der Waals surface area contributed by atoms with Gasteiger partial charge >= 0.3 is 5.97 Å². The average Bonchev–Trinajstić information content (AvgIpc) is 2.95. The van der Waals surface area contributed by atoms with Crippen LogP contribution in [-0.4, -0.2) is 42.9 Å². The number of amides is 2. The molecule has 0 spiro atoms. The number of anilines is 1. The van der Waals surface area contributed by atoms with Gasteiger partial charge in [0.25, 0.3) is 5.91 Å². The van der Waals surface area contributed by atoms with Crippen LogP contribution in [0.4, 0.5) is 5.69 Å². The fourth-order valence-electron chi connectivity index (χ4n) is 2.42. The second-order valence-corrected chi connectivity index (χ2v) is 5.02. The van der Waals surface area contributed by atoms with Crippen molar-refractivity contribution in [2.75, 3.05) is 25.5 Å². The molecule has 6 heteroatoms. The van der Waals surface area contributed by atoms with E-state index in [1.807, 2.05) is 0 Å². The van der Waals surface area contributed by atoms with Crippen LogP contribution in [0.2, 0.25) is 0 Å². The zero-order chi connectivity index (χ0) is 15.4. The summed E-state index contributed by atoms with van der Waals surface area (Å²) in [7, 11) is 1.35. The average molecular weight is 290 g/mol. The van der Waals surface area contributed by atoms with Crippen LogP contribution in [-0.2, 0) is 14.3 Å². The van der Waals surface area contributed by atoms with Crippen LogP contribution in [0.1, 0.15) is 23.7 Å². The smallest absolute Gasteiger partial charge is 0.310 e. The highest BCUT2D eigenvalue weighted by molar-refractivity contribution is 5.97. The molecule has 0 saturated carbocycles. The van der Waals surface area contributed by atoms with E-state index in [1.165, 1.54) is 14.0 Å². The SMILES string of the molecule is COC(=O)C1CCN(C(=O)c2cccc(NC(C)=O)c2)C1. The maximum absolute atomic E-state index is 12.4. The van der Waals surface area contributed by atoms with E-state index >= 15 is 0 Å². The Balaban J connectivity index is 2.07. The molecular formula is C15H18N2O4. The van der Waals surface area contributed by atoms with Crippen molar-refractivity contribution in [3.63, 3.8) is 0 Å². The Morgan fingerprint density at radius 1 is 1.33 bits per heavy atom. The normalized spacial score (nSPS) is 17.4. The number of esters is 1. The Labute approximate surface area is 123 Å². The summed E-state index contributed by atoms with van der Waals surface area (Å²) < 4.78 is 4.71. The highest BCUT2D eigenvalue weighted by atomic mass is 16.5. The molecule has 112 valence electrons. The summed E-state index contributed by atoms with van der Waals surface area (Å²) in [5.74, 6) is -0.866. The second-order valence-electron chi connectivity index (χ2n) is 5.02. The minimum atomic E-state index is -0.280. The molecule has 21 heavy (non-hydrogen) atoms. The number of hydrogen-bond donors (Lipinski definition) is 1. The van der Waals surface area contributed by atoms with E-state index < -0.39 is 0 Å². The predicted molar refractivity (Wildman–Crippen MR) is 76.8 cm³/mol. The Kier molecular flexibility index (Phi) is 4.57. The van der Waals surface area contributed by atoms with E-state index in [0.717, 1.165) is 0 Å². The van der Waals surface area contributed by atoms with Crippen molar-refractivity contribution in [1.29, 1.82) is 0 Å². The summed E-state index contributed by atoms with van der Waals surface area (Å²) in [6, 6.07) is 6.76. The van der Waals surface area contributed by atoms with Gasteiger partial charge in [0.15, 0.2) is 0 Å². The number of nitrogens with zero attached hydrogens (tertiary/aromatic N) is 1. The van der Waals surface area contributed by atoms with Gasteiger partial charge in [0.1, 0.15) is 0 Å². The molecule has 1 unspecified atom stereocenters. The molecule has 1 aliphatic heterocycles. The number of carbonyl (C=O) groups excluding carboxylic acids is 3. The number of nitrogens with one attached hydrogen (secondary N) is 1. The molecule has 1 saturated heterocycles. The van der Waals surface area contributed by atoms with Gasteiger partial charge in [-0.15, -0.1) is 0 Å². The van der Waals surface area contributed by atoms with Crippen LogP contribution in [0, 0.1) is 5.92 Å². The molecule has 0 bridgehead atoms. The van der Waals surface area contributed by atoms with Crippen LogP contribution >= 0.6 is 0 Å². The number of rotatable bonds is 3. The maximum Gasteiger partial charge on any atom is 0.310 e. The number of carbonyl (C=O) groups is 3. The third-order valence-corrected chi connectivity index (χ3v) is 3.44. The number of benzene rings is 1. The summed E-state index contributed by atoms with van der Waals surface area (Å²) in [6.07, 6.45) is 0.615. The Morgan fingerprint density at radius 2 is 2.10 bits per heavy atom. The lowest BCUT2D eigenvalue weighted by molar-refractivity contribution is -0.144. The lowest BCUT2D eigenvalue weighted by atomic mass is 10.1.